The van der Waals surface area contributed by atoms with Crippen molar-refractivity contribution in [3.63, 3.8) is 0 Å². The first-order chi connectivity index (χ1) is 9.81. The third kappa shape index (κ3) is 2.28. The molecular weight excluding hydrogens is 274 g/mol. The highest BCUT2D eigenvalue weighted by atomic mass is 32.1. The molecule has 1 fully saturated rings. The highest BCUT2D eigenvalue weighted by Gasteiger charge is 2.40. The Morgan fingerprint density at radius 2 is 2.25 bits per heavy atom. The van der Waals surface area contributed by atoms with Crippen LogP contribution in [-0.2, 0) is 0 Å². The van der Waals surface area contributed by atoms with Gasteiger partial charge in [0.15, 0.2) is 5.11 Å². The van der Waals surface area contributed by atoms with Crippen molar-refractivity contribution in [3.05, 3.63) is 54.2 Å². The fourth-order valence-corrected chi connectivity index (χ4v) is 2.85. The minimum absolute atomic E-state index is 0.0357. The number of nitrogens with one attached hydrogen (secondary N) is 1. The number of aliphatic hydroxyl groups is 1. The molecule has 0 saturated carbocycles. The van der Waals surface area contributed by atoms with Crippen molar-refractivity contribution < 1.29 is 9.52 Å². The van der Waals surface area contributed by atoms with Gasteiger partial charge >= 0.3 is 0 Å². The van der Waals surface area contributed by atoms with Gasteiger partial charge in [-0.1, -0.05) is 6.07 Å². The molecule has 1 aliphatic rings. The SMILES string of the molecule is OCCN1C(=S)N[C@@H](c2ccccn2)[C@H]1c1ccco1. The zero-order valence-electron chi connectivity index (χ0n) is 10.8. The van der Waals surface area contributed by atoms with Gasteiger partial charge in [0, 0.05) is 12.7 Å². The number of thiocarbonyl (C=S) groups is 1. The number of aliphatic hydroxyl groups excluding tert-OH is 1. The first kappa shape index (κ1) is 13.1. The zero-order valence-corrected chi connectivity index (χ0v) is 11.6. The maximum absolute atomic E-state index is 9.24. The van der Waals surface area contributed by atoms with Crippen LogP contribution in [0.15, 0.2) is 47.2 Å². The predicted octanol–water partition coefficient (Wildman–Crippen LogP) is 1.64. The maximum Gasteiger partial charge on any atom is 0.170 e. The molecule has 3 heterocycles. The van der Waals surface area contributed by atoms with Crippen LogP contribution in [0.3, 0.4) is 0 Å². The standard InChI is InChI=1S/C14H15N3O2S/c18-8-7-17-13(11-5-3-9-19-11)12(16-14(17)20)10-4-1-2-6-15-10/h1-6,9,12-13,18H,7-8H2,(H,16,20)/t12-,13+/m0/s1. The number of rotatable bonds is 4. The summed E-state index contributed by atoms with van der Waals surface area (Å²) < 4.78 is 5.54. The summed E-state index contributed by atoms with van der Waals surface area (Å²) in [5.74, 6) is 0.807. The summed E-state index contributed by atoms with van der Waals surface area (Å²) in [6.45, 7) is 0.495. The largest absolute Gasteiger partial charge is 0.467 e. The number of aromatic nitrogens is 1. The molecule has 0 aliphatic carbocycles. The van der Waals surface area contributed by atoms with Crippen LogP contribution in [0.5, 0.6) is 0 Å². The monoisotopic (exact) mass is 289 g/mol. The van der Waals surface area contributed by atoms with E-state index in [0.29, 0.717) is 11.7 Å². The lowest BCUT2D eigenvalue weighted by Crippen LogP contribution is -2.32. The smallest absolute Gasteiger partial charge is 0.170 e. The van der Waals surface area contributed by atoms with Gasteiger partial charge in [0.1, 0.15) is 11.8 Å². The number of hydrogen-bond donors (Lipinski definition) is 2. The van der Waals surface area contributed by atoms with Crippen LogP contribution in [0.4, 0.5) is 0 Å². The summed E-state index contributed by atoms with van der Waals surface area (Å²) in [4.78, 5) is 6.33. The Morgan fingerprint density at radius 1 is 1.35 bits per heavy atom. The van der Waals surface area contributed by atoms with Gasteiger partial charge in [0.05, 0.1) is 24.6 Å². The third-order valence-electron chi connectivity index (χ3n) is 3.37. The molecule has 20 heavy (non-hydrogen) atoms. The minimum atomic E-state index is -0.0976. The van der Waals surface area contributed by atoms with Crippen LogP contribution in [0.2, 0.25) is 0 Å². The van der Waals surface area contributed by atoms with Crippen molar-refractivity contribution >= 4 is 17.3 Å². The Labute approximate surface area is 122 Å². The second kappa shape index (κ2) is 5.60. The van der Waals surface area contributed by atoms with E-state index in [1.807, 2.05) is 35.2 Å². The van der Waals surface area contributed by atoms with E-state index in [1.54, 1.807) is 12.5 Å². The van der Waals surface area contributed by atoms with Crippen molar-refractivity contribution in [2.75, 3.05) is 13.2 Å². The molecule has 2 aromatic heterocycles. The number of hydrogen-bond acceptors (Lipinski definition) is 4. The van der Waals surface area contributed by atoms with Gasteiger partial charge in [0.25, 0.3) is 0 Å². The molecule has 3 rings (SSSR count). The van der Waals surface area contributed by atoms with Gasteiger partial charge in [-0.3, -0.25) is 4.98 Å². The number of β-amino-alcohol motifs (C(OH)–C–C–N with tert-alkyl or cyclic N) is 1. The highest BCUT2D eigenvalue weighted by molar-refractivity contribution is 7.80. The van der Waals surface area contributed by atoms with E-state index in [1.165, 1.54) is 0 Å². The Bertz CT molecular complexity index is 573. The Hall–Kier alpha value is -1.92. The van der Waals surface area contributed by atoms with Crippen LogP contribution in [0, 0.1) is 0 Å². The molecule has 0 bridgehead atoms. The molecule has 0 spiro atoms. The van der Waals surface area contributed by atoms with E-state index in [4.69, 9.17) is 16.6 Å². The summed E-state index contributed by atoms with van der Waals surface area (Å²) >= 11 is 5.37. The average molecular weight is 289 g/mol. The fraction of sp³-hybridized carbons (Fsp3) is 0.286. The first-order valence-electron chi connectivity index (χ1n) is 6.43. The van der Waals surface area contributed by atoms with E-state index in [2.05, 4.69) is 10.3 Å². The number of furan rings is 1. The van der Waals surface area contributed by atoms with Gasteiger partial charge in [0.2, 0.25) is 0 Å². The van der Waals surface area contributed by atoms with Gasteiger partial charge < -0.3 is 19.7 Å². The normalized spacial score (nSPS) is 22.1. The Morgan fingerprint density at radius 3 is 2.90 bits per heavy atom. The van der Waals surface area contributed by atoms with Crippen molar-refractivity contribution in [2.45, 2.75) is 12.1 Å². The predicted molar refractivity (Wildman–Crippen MR) is 78.0 cm³/mol. The van der Waals surface area contributed by atoms with Crippen molar-refractivity contribution in [1.29, 1.82) is 0 Å². The van der Waals surface area contributed by atoms with E-state index < -0.39 is 0 Å². The van der Waals surface area contributed by atoms with Crippen molar-refractivity contribution in [1.82, 2.24) is 15.2 Å². The first-order valence-corrected chi connectivity index (χ1v) is 6.84. The second-order valence-corrected chi connectivity index (χ2v) is 4.95. The van der Waals surface area contributed by atoms with Crippen molar-refractivity contribution in [3.8, 4) is 0 Å². The number of nitrogens with zero attached hydrogens (tertiary/aromatic N) is 2. The molecule has 104 valence electrons. The summed E-state index contributed by atoms with van der Waals surface area (Å²) in [7, 11) is 0. The molecule has 5 nitrogen and oxygen atoms in total. The Kier molecular flexibility index (Phi) is 3.66. The van der Waals surface area contributed by atoms with Gasteiger partial charge in [-0.15, -0.1) is 0 Å². The lowest BCUT2D eigenvalue weighted by Gasteiger charge is -2.25. The highest BCUT2D eigenvalue weighted by Crippen LogP contribution is 2.38. The molecule has 0 aromatic carbocycles. The van der Waals surface area contributed by atoms with E-state index >= 15 is 0 Å². The summed E-state index contributed by atoms with van der Waals surface area (Å²) in [5, 5.41) is 13.1. The summed E-state index contributed by atoms with van der Waals surface area (Å²) in [6, 6.07) is 9.37. The lowest BCUT2D eigenvalue weighted by molar-refractivity contribution is 0.208. The van der Waals surface area contributed by atoms with E-state index in [-0.39, 0.29) is 18.7 Å². The van der Waals surface area contributed by atoms with Gasteiger partial charge in [-0.2, -0.15) is 0 Å². The van der Waals surface area contributed by atoms with E-state index in [9.17, 15) is 5.11 Å². The quantitative estimate of drug-likeness (QED) is 0.834. The maximum atomic E-state index is 9.24. The zero-order chi connectivity index (χ0) is 13.9. The number of pyridine rings is 1. The van der Waals surface area contributed by atoms with Crippen LogP contribution in [-0.4, -0.2) is 33.3 Å². The molecule has 2 N–H and O–H groups in total. The van der Waals surface area contributed by atoms with Gasteiger partial charge in [-0.25, -0.2) is 0 Å². The topological polar surface area (TPSA) is 61.5 Å². The molecule has 6 heteroatoms. The second-order valence-electron chi connectivity index (χ2n) is 4.56. The third-order valence-corrected chi connectivity index (χ3v) is 3.73. The molecule has 0 radical (unpaired) electrons. The van der Waals surface area contributed by atoms with Crippen LogP contribution < -0.4 is 5.32 Å². The van der Waals surface area contributed by atoms with Crippen LogP contribution >= 0.6 is 12.2 Å². The molecule has 2 aromatic rings. The molecule has 0 unspecified atom stereocenters. The lowest BCUT2D eigenvalue weighted by atomic mass is 10.0. The van der Waals surface area contributed by atoms with E-state index in [0.717, 1.165) is 11.5 Å². The van der Waals surface area contributed by atoms with Gasteiger partial charge in [-0.05, 0) is 36.5 Å². The van der Waals surface area contributed by atoms with Crippen molar-refractivity contribution in [2.24, 2.45) is 0 Å². The molecule has 1 aliphatic heterocycles. The Balaban J connectivity index is 1.99. The minimum Gasteiger partial charge on any atom is -0.467 e. The average Bonchev–Trinajstić information content (AvgIpc) is 3.09. The summed E-state index contributed by atoms with van der Waals surface area (Å²) in [6.07, 6.45) is 3.40. The molecule has 0 amide bonds. The molecule has 1 saturated heterocycles. The summed E-state index contributed by atoms with van der Waals surface area (Å²) in [5.41, 5.74) is 0.900. The fourth-order valence-electron chi connectivity index (χ4n) is 2.52. The molecular formula is C14H15N3O2S. The van der Waals surface area contributed by atoms with Crippen LogP contribution in [0.25, 0.3) is 0 Å². The van der Waals surface area contributed by atoms with Crippen LogP contribution in [0.1, 0.15) is 23.5 Å². The molecule has 2 atom stereocenters.